The maximum atomic E-state index is 5.63. The van der Waals surface area contributed by atoms with E-state index in [2.05, 4.69) is 27.6 Å². The molecule has 0 atom stereocenters. The van der Waals surface area contributed by atoms with E-state index in [1.54, 1.807) is 0 Å². The van der Waals surface area contributed by atoms with E-state index in [0.717, 1.165) is 57.7 Å². The van der Waals surface area contributed by atoms with Crippen LogP contribution in [0.25, 0.3) is 33.2 Å². The number of aromatic amines is 1. The first kappa shape index (κ1) is 16.1. The molecule has 1 aliphatic rings. The summed E-state index contributed by atoms with van der Waals surface area (Å²) in [6.45, 7) is 0.737. The summed E-state index contributed by atoms with van der Waals surface area (Å²) in [6.07, 6.45) is 2.74. The van der Waals surface area contributed by atoms with Crippen molar-refractivity contribution in [2.45, 2.75) is 6.42 Å². The summed E-state index contributed by atoms with van der Waals surface area (Å²) in [6, 6.07) is 20.3. The zero-order valence-corrected chi connectivity index (χ0v) is 15.5. The molecule has 0 fully saturated rings. The summed E-state index contributed by atoms with van der Waals surface area (Å²) in [4.78, 5) is 9.68. The quantitative estimate of drug-likeness (QED) is 0.469. The van der Waals surface area contributed by atoms with Gasteiger partial charge >= 0.3 is 0 Å². The van der Waals surface area contributed by atoms with Gasteiger partial charge in [0.1, 0.15) is 11.6 Å². The highest BCUT2D eigenvalue weighted by atomic mass is 16.5. The van der Waals surface area contributed by atoms with Crippen LogP contribution in [0.5, 0.6) is 5.75 Å². The van der Waals surface area contributed by atoms with Gasteiger partial charge in [-0.3, -0.25) is 5.10 Å². The van der Waals surface area contributed by atoms with Crippen molar-refractivity contribution in [1.29, 1.82) is 0 Å². The standard InChI is InChI=1S/C23H17N5O/c1-2-4-20-18(3-1)23(25-17-6-7-19-16(12-17)13-24-28-19)27-22(26-20)15-5-8-21-14(11-15)9-10-29-21/h1-8,11-13H,9-10H2,(H,24,28)(H,25,26,27). The maximum Gasteiger partial charge on any atom is 0.162 e. The van der Waals surface area contributed by atoms with Crippen LogP contribution in [0.15, 0.2) is 66.9 Å². The lowest BCUT2D eigenvalue weighted by atomic mass is 10.1. The number of anilines is 2. The van der Waals surface area contributed by atoms with E-state index < -0.39 is 0 Å². The molecular weight excluding hydrogens is 362 g/mol. The Balaban J connectivity index is 1.48. The largest absolute Gasteiger partial charge is 0.493 e. The van der Waals surface area contributed by atoms with Gasteiger partial charge in [0, 0.05) is 28.4 Å². The highest BCUT2D eigenvalue weighted by Crippen LogP contribution is 2.32. The molecule has 140 valence electrons. The van der Waals surface area contributed by atoms with E-state index in [0.29, 0.717) is 5.82 Å². The second kappa shape index (κ2) is 6.31. The summed E-state index contributed by atoms with van der Waals surface area (Å²) < 4.78 is 5.63. The lowest BCUT2D eigenvalue weighted by molar-refractivity contribution is 0.357. The monoisotopic (exact) mass is 379 g/mol. The number of benzene rings is 3. The molecule has 0 aliphatic carbocycles. The van der Waals surface area contributed by atoms with Gasteiger partial charge in [-0.25, -0.2) is 9.97 Å². The van der Waals surface area contributed by atoms with Crippen molar-refractivity contribution in [2.24, 2.45) is 0 Å². The van der Waals surface area contributed by atoms with Crippen LogP contribution in [0.3, 0.4) is 0 Å². The van der Waals surface area contributed by atoms with Crippen molar-refractivity contribution in [3.05, 3.63) is 72.4 Å². The predicted octanol–water partition coefficient (Wildman–Crippen LogP) is 4.85. The molecule has 6 heteroatoms. The third kappa shape index (κ3) is 2.77. The van der Waals surface area contributed by atoms with Crippen molar-refractivity contribution in [3.8, 4) is 17.1 Å². The average molecular weight is 379 g/mol. The molecule has 0 unspecified atom stereocenters. The molecule has 2 aromatic heterocycles. The molecule has 0 radical (unpaired) electrons. The summed E-state index contributed by atoms with van der Waals surface area (Å²) in [5.41, 5.74) is 5.06. The number of hydrogen-bond acceptors (Lipinski definition) is 5. The van der Waals surface area contributed by atoms with Gasteiger partial charge in [-0.15, -0.1) is 0 Å². The molecule has 6 nitrogen and oxygen atoms in total. The fourth-order valence-corrected chi connectivity index (χ4v) is 3.78. The highest BCUT2D eigenvalue weighted by molar-refractivity contribution is 5.93. The third-order valence-electron chi connectivity index (χ3n) is 5.25. The molecule has 6 rings (SSSR count). The van der Waals surface area contributed by atoms with Gasteiger partial charge < -0.3 is 10.1 Å². The van der Waals surface area contributed by atoms with Gasteiger partial charge in [-0.05, 0) is 54.1 Å². The Bertz CT molecular complexity index is 1370. The third-order valence-corrected chi connectivity index (χ3v) is 5.25. The minimum atomic E-state index is 0.699. The number of rotatable bonds is 3. The van der Waals surface area contributed by atoms with Crippen LogP contribution in [-0.4, -0.2) is 26.8 Å². The van der Waals surface area contributed by atoms with Gasteiger partial charge in [0.05, 0.1) is 23.8 Å². The van der Waals surface area contributed by atoms with Crippen molar-refractivity contribution in [2.75, 3.05) is 11.9 Å². The Kier molecular flexibility index (Phi) is 3.49. The number of H-pyrrole nitrogens is 1. The first-order valence-electron chi connectivity index (χ1n) is 9.56. The van der Waals surface area contributed by atoms with Crippen molar-refractivity contribution < 1.29 is 4.74 Å². The van der Waals surface area contributed by atoms with Crippen molar-refractivity contribution in [3.63, 3.8) is 0 Å². The van der Waals surface area contributed by atoms with Crippen molar-refractivity contribution >= 4 is 33.3 Å². The number of fused-ring (bicyclic) bond motifs is 3. The fourth-order valence-electron chi connectivity index (χ4n) is 3.78. The molecule has 0 spiro atoms. The summed E-state index contributed by atoms with van der Waals surface area (Å²) in [7, 11) is 0. The van der Waals surface area contributed by atoms with E-state index in [-0.39, 0.29) is 0 Å². The average Bonchev–Trinajstić information content (AvgIpc) is 3.42. The molecule has 29 heavy (non-hydrogen) atoms. The number of aromatic nitrogens is 4. The maximum absolute atomic E-state index is 5.63. The lowest BCUT2D eigenvalue weighted by Crippen LogP contribution is -1.99. The second-order valence-electron chi connectivity index (χ2n) is 7.13. The summed E-state index contributed by atoms with van der Waals surface area (Å²) in [5.74, 6) is 2.44. The first-order chi connectivity index (χ1) is 14.3. The Morgan fingerprint density at radius 3 is 2.93 bits per heavy atom. The van der Waals surface area contributed by atoms with Crippen LogP contribution in [0, 0.1) is 0 Å². The normalized spacial score (nSPS) is 12.8. The molecule has 2 N–H and O–H groups in total. The van der Waals surface area contributed by atoms with E-state index >= 15 is 0 Å². The zero-order valence-electron chi connectivity index (χ0n) is 15.5. The van der Waals surface area contributed by atoms with Gasteiger partial charge in [0.15, 0.2) is 5.82 Å². The van der Waals surface area contributed by atoms with Crippen LogP contribution in [-0.2, 0) is 6.42 Å². The van der Waals surface area contributed by atoms with E-state index in [9.17, 15) is 0 Å². The van der Waals surface area contributed by atoms with Crippen LogP contribution in [0.1, 0.15) is 5.56 Å². The Morgan fingerprint density at radius 1 is 0.966 bits per heavy atom. The minimum absolute atomic E-state index is 0.699. The number of nitrogens with one attached hydrogen (secondary N) is 2. The molecular formula is C23H17N5O. The number of hydrogen-bond donors (Lipinski definition) is 2. The molecule has 0 saturated heterocycles. The van der Waals surface area contributed by atoms with Crippen LogP contribution in [0.2, 0.25) is 0 Å². The van der Waals surface area contributed by atoms with E-state index in [4.69, 9.17) is 14.7 Å². The van der Waals surface area contributed by atoms with Gasteiger partial charge in [-0.2, -0.15) is 5.10 Å². The second-order valence-corrected chi connectivity index (χ2v) is 7.13. The Labute approximate surface area is 166 Å². The van der Waals surface area contributed by atoms with E-state index in [1.165, 1.54) is 5.56 Å². The number of nitrogens with zero attached hydrogens (tertiary/aromatic N) is 3. The van der Waals surface area contributed by atoms with Crippen LogP contribution >= 0.6 is 0 Å². The topological polar surface area (TPSA) is 75.7 Å². The Morgan fingerprint density at radius 2 is 1.93 bits per heavy atom. The predicted molar refractivity (Wildman–Crippen MR) is 114 cm³/mol. The first-order valence-corrected chi connectivity index (χ1v) is 9.56. The van der Waals surface area contributed by atoms with E-state index in [1.807, 2.05) is 54.7 Å². The summed E-state index contributed by atoms with van der Waals surface area (Å²) >= 11 is 0. The molecule has 3 aromatic carbocycles. The van der Waals surface area contributed by atoms with Gasteiger partial charge in [-0.1, -0.05) is 12.1 Å². The molecule has 5 aromatic rings. The smallest absolute Gasteiger partial charge is 0.162 e. The van der Waals surface area contributed by atoms with Crippen LogP contribution in [0.4, 0.5) is 11.5 Å². The van der Waals surface area contributed by atoms with Crippen molar-refractivity contribution in [1.82, 2.24) is 20.2 Å². The van der Waals surface area contributed by atoms with Gasteiger partial charge in [0.25, 0.3) is 0 Å². The lowest BCUT2D eigenvalue weighted by Gasteiger charge is -2.12. The highest BCUT2D eigenvalue weighted by Gasteiger charge is 2.15. The molecule has 1 aliphatic heterocycles. The SMILES string of the molecule is c1ccc2c(Nc3ccc4[nH]ncc4c3)nc(-c3ccc4c(c3)CCO4)nc2c1. The molecule has 0 amide bonds. The molecule has 0 bridgehead atoms. The zero-order chi connectivity index (χ0) is 19.2. The Hall–Kier alpha value is -3.93. The molecule has 0 saturated carbocycles. The molecule has 3 heterocycles. The van der Waals surface area contributed by atoms with Crippen LogP contribution < -0.4 is 10.1 Å². The number of ether oxygens (including phenoxy) is 1. The summed E-state index contributed by atoms with van der Waals surface area (Å²) in [5, 5.41) is 12.6. The number of para-hydroxylation sites is 1. The fraction of sp³-hybridized carbons (Fsp3) is 0.0870. The van der Waals surface area contributed by atoms with Gasteiger partial charge in [0.2, 0.25) is 0 Å². The minimum Gasteiger partial charge on any atom is -0.493 e.